The van der Waals surface area contributed by atoms with E-state index in [4.69, 9.17) is 16.3 Å². The highest BCUT2D eigenvalue weighted by Crippen LogP contribution is 2.29. The van der Waals surface area contributed by atoms with Crippen molar-refractivity contribution in [1.29, 1.82) is 0 Å². The van der Waals surface area contributed by atoms with Gasteiger partial charge in [0.1, 0.15) is 17.3 Å². The lowest BCUT2D eigenvalue weighted by Gasteiger charge is -2.19. The number of alkyl halides is 3. The molecule has 0 saturated carbocycles. The van der Waals surface area contributed by atoms with Gasteiger partial charge in [-0.2, -0.15) is 13.2 Å². The number of aromatic nitrogens is 1. The van der Waals surface area contributed by atoms with E-state index in [9.17, 15) is 32.3 Å². The first-order chi connectivity index (χ1) is 15.5. The van der Waals surface area contributed by atoms with Crippen LogP contribution in [0.4, 0.5) is 17.6 Å². The third-order valence-corrected chi connectivity index (χ3v) is 4.55. The van der Waals surface area contributed by atoms with Crippen molar-refractivity contribution < 1.29 is 37.0 Å². The normalized spacial score (nSPS) is 13.0. The fraction of sp³-hybridized carbons (Fsp3) is 0.286. The fourth-order valence-electron chi connectivity index (χ4n) is 2.56. The third-order valence-electron chi connectivity index (χ3n) is 4.24. The number of nitrogens with one attached hydrogen (secondary N) is 2. The maximum absolute atomic E-state index is 13.3. The van der Waals surface area contributed by atoms with Gasteiger partial charge in [-0.25, -0.2) is 4.39 Å². The van der Waals surface area contributed by atoms with Gasteiger partial charge in [0, 0.05) is 24.8 Å². The van der Waals surface area contributed by atoms with E-state index in [-0.39, 0.29) is 23.7 Å². The topological polar surface area (TPSA) is 101 Å². The lowest BCUT2D eigenvalue weighted by Crippen LogP contribution is -2.41. The van der Waals surface area contributed by atoms with Crippen LogP contribution in [0.1, 0.15) is 22.5 Å². The maximum atomic E-state index is 13.3. The zero-order valence-corrected chi connectivity index (χ0v) is 17.8. The number of carbonyl (C=O) groups excluding carboxylic acids is 2. The number of rotatable bonds is 10. The Balaban J connectivity index is 1.81. The highest BCUT2D eigenvalue weighted by atomic mass is 35.5. The van der Waals surface area contributed by atoms with E-state index in [2.05, 4.69) is 22.2 Å². The van der Waals surface area contributed by atoms with E-state index in [1.54, 1.807) is 0 Å². The molecular weight excluding hydrogens is 470 g/mol. The second-order valence-electron chi connectivity index (χ2n) is 6.80. The molecule has 0 aliphatic carbocycles. The molecule has 0 spiro atoms. The minimum atomic E-state index is -4.63. The minimum absolute atomic E-state index is 0.0856. The Hall–Kier alpha value is -3.18. The summed E-state index contributed by atoms with van der Waals surface area (Å²) in [5.41, 5.74) is -1.47. The molecule has 0 radical (unpaired) electrons. The number of pyridine rings is 1. The van der Waals surface area contributed by atoms with E-state index >= 15 is 0 Å². The molecule has 0 bridgehead atoms. The predicted molar refractivity (Wildman–Crippen MR) is 111 cm³/mol. The van der Waals surface area contributed by atoms with Crippen LogP contribution in [-0.4, -0.2) is 47.2 Å². The van der Waals surface area contributed by atoms with Crippen LogP contribution in [0.15, 0.2) is 49.2 Å². The molecule has 2 unspecified atom stereocenters. The molecule has 12 heteroatoms. The molecule has 178 valence electrons. The van der Waals surface area contributed by atoms with Gasteiger partial charge in [0.05, 0.1) is 16.7 Å². The minimum Gasteiger partial charge on any atom is -0.484 e. The first-order valence-electron chi connectivity index (χ1n) is 9.49. The van der Waals surface area contributed by atoms with Crippen LogP contribution in [0.5, 0.6) is 5.75 Å². The second kappa shape index (κ2) is 11.6. The summed E-state index contributed by atoms with van der Waals surface area (Å²) in [7, 11) is 0. The Kier molecular flexibility index (Phi) is 9.18. The molecule has 0 fully saturated rings. The molecule has 33 heavy (non-hydrogen) atoms. The first kappa shape index (κ1) is 26.1. The monoisotopic (exact) mass is 489 g/mol. The summed E-state index contributed by atoms with van der Waals surface area (Å²) in [6, 6.07) is 4.20. The Morgan fingerprint density at radius 1 is 1.27 bits per heavy atom. The van der Waals surface area contributed by atoms with Crippen molar-refractivity contribution >= 4 is 23.4 Å². The number of aliphatic hydroxyl groups is 1. The summed E-state index contributed by atoms with van der Waals surface area (Å²) in [4.78, 5) is 27.7. The van der Waals surface area contributed by atoms with Gasteiger partial charge in [-0.05, 0) is 30.7 Å². The van der Waals surface area contributed by atoms with E-state index in [1.807, 2.05) is 0 Å². The Labute approximate surface area is 191 Å². The van der Waals surface area contributed by atoms with Gasteiger partial charge < -0.3 is 20.5 Å². The van der Waals surface area contributed by atoms with Crippen molar-refractivity contribution in [3.8, 4) is 5.75 Å². The zero-order chi connectivity index (χ0) is 24.6. The largest absolute Gasteiger partial charge is 0.484 e. The standard InChI is InChI=1S/C21H20ClF4N3O4/c1-2-13(29-20(32)18-7-12(5-6-27-18)21(24,25)26)8-14(30)10-28-19(31)11-33-15-3-4-16(22)17(23)9-15/h2-7,9,13-14,30H,1,8,10-11H2,(H,28,31)(H,29,32). The van der Waals surface area contributed by atoms with Crippen molar-refractivity contribution in [3.63, 3.8) is 0 Å². The van der Waals surface area contributed by atoms with E-state index < -0.39 is 53.8 Å². The summed E-state index contributed by atoms with van der Waals surface area (Å²) in [5.74, 6) is -2.10. The number of hydrogen-bond acceptors (Lipinski definition) is 5. The van der Waals surface area contributed by atoms with Crippen molar-refractivity contribution in [2.24, 2.45) is 0 Å². The summed E-state index contributed by atoms with van der Waals surface area (Å²) < 4.78 is 56.8. The van der Waals surface area contributed by atoms with E-state index in [1.165, 1.54) is 18.2 Å². The number of carbonyl (C=O) groups is 2. The molecule has 7 nitrogen and oxygen atoms in total. The van der Waals surface area contributed by atoms with Gasteiger partial charge >= 0.3 is 6.18 Å². The quantitative estimate of drug-likeness (QED) is 0.352. The molecule has 0 aliphatic heterocycles. The maximum Gasteiger partial charge on any atom is 0.416 e. The van der Waals surface area contributed by atoms with Crippen LogP contribution < -0.4 is 15.4 Å². The molecule has 0 saturated heterocycles. The van der Waals surface area contributed by atoms with E-state index in [0.717, 1.165) is 18.3 Å². The molecular formula is C21H20ClF4N3O4. The summed E-state index contributed by atoms with van der Waals surface area (Å²) in [6.07, 6.45) is -3.69. The average Bonchev–Trinajstić information content (AvgIpc) is 2.77. The van der Waals surface area contributed by atoms with Gasteiger partial charge in [0.15, 0.2) is 6.61 Å². The highest BCUT2D eigenvalue weighted by Gasteiger charge is 2.31. The molecule has 3 N–H and O–H groups in total. The van der Waals surface area contributed by atoms with Crippen LogP contribution in [0.25, 0.3) is 0 Å². The van der Waals surface area contributed by atoms with E-state index in [0.29, 0.717) is 6.07 Å². The second-order valence-corrected chi connectivity index (χ2v) is 7.21. The highest BCUT2D eigenvalue weighted by molar-refractivity contribution is 6.30. The van der Waals surface area contributed by atoms with Gasteiger partial charge in [-0.15, -0.1) is 6.58 Å². The van der Waals surface area contributed by atoms with Crippen molar-refractivity contribution in [3.05, 3.63) is 71.3 Å². The van der Waals surface area contributed by atoms with Crippen LogP contribution >= 0.6 is 11.6 Å². The molecule has 0 aliphatic rings. The first-order valence-corrected chi connectivity index (χ1v) is 9.86. The Bertz CT molecular complexity index is 1000. The van der Waals surface area contributed by atoms with Crippen molar-refractivity contribution in [2.45, 2.75) is 24.7 Å². The summed E-state index contributed by atoms with van der Waals surface area (Å²) >= 11 is 5.55. The van der Waals surface area contributed by atoms with Gasteiger partial charge in [-0.1, -0.05) is 17.7 Å². The summed E-state index contributed by atoms with van der Waals surface area (Å²) in [6.45, 7) is 2.86. The van der Waals surface area contributed by atoms with Crippen LogP contribution in [0.3, 0.4) is 0 Å². The fourth-order valence-corrected chi connectivity index (χ4v) is 2.68. The number of hydrogen-bond donors (Lipinski definition) is 3. The summed E-state index contributed by atoms with van der Waals surface area (Å²) in [5, 5.41) is 14.8. The number of aliphatic hydroxyl groups excluding tert-OH is 1. The number of halogens is 5. The number of amides is 2. The number of ether oxygens (including phenoxy) is 1. The predicted octanol–water partition coefficient (Wildman–Crippen LogP) is 3.12. The molecule has 1 heterocycles. The molecule has 1 aromatic heterocycles. The molecule has 2 rings (SSSR count). The smallest absolute Gasteiger partial charge is 0.416 e. The molecule has 2 atom stereocenters. The molecule has 2 aromatic rings. The van der Waals surface area contributed by atoms with Crippen molar-refractivity contribution in [2.75, 3.05) is 13.2 Å². The Morgan fingerprint density at radius 3 is 2.64 bits per heavy atom. The van der Waals surface area contributed by atoms with Crippen molar-refractivity contribution in [1.82, 2.24) is 15.6 Å². The third kappa shape index (κ3) is 8.35. The van der Waals surface area contributed by atoms with Gasteiger partial charge in [0.2, 0.25) is 0 Å². The average molecular weight is 490 g/mol. The number of nitrogens with zero attached hydrogens (tertiary/aromatic N) is 1. The lowest BCUT2D eigenvalue weighted by molar-refractivity contribution is -0.137. The number of benzene rings is 1. The molecule has 2 amide bonds. The Morgan fingerprint density at radius 2 is 2.00 bits per heavy atom. The zero-order valence-electron chi connectivity index (χ0n) is 17.0. The SMILES string of the molecule is C=CC(CC(O)CNC(=O)COc1ccc(Cl)c(F)c1)NC(=O)c1cc(C(F)(F)F)ccn1. The van der Waals surface area contributed by atoms with Crippen LogP contribution in [0, 0.1) is 5.82 Å². The van der Waals surface area contributed by atoms with Gasteiger partial charge in [0.25, 0.3) is 11.8 Å². The van der Waals surface area contributed by atoms with Gasteiger partial charge in [-0.3, -0.25) is 14.6 Å². The van der Waals surface area contributed by atoms with Crippen LogP contribution in [0.2, 0.25) is 5.02 Å². The molecule has 1 aromatic carbocycles. The van der Waals surface area contributed by atoms with Crippen LogP contribution in [-0.2, 0) is 11.0 Å². The lowest BCUT2D eigenvalue weighted by atomic mass is 10.1.